The van der Waals surface area contributed by atoms with Gasteiger partial charge in [0, 0.05) is 19.7 Å². The second-order valence-electron chi connectivity index (χ2n) is 5.06. The normalized spacial score (nSPS) is 25.7. The van der Waals surface area contributed by atoms with Crippen LogP contribution in [0.5, 0.6) is 0 Å². The van der Waals surface area contributed by atoms with Crippen LogP contribution in [0.25, 0.3) is 0 Å². The molecule has 2 N–H and O–H groups in total. The SMILES string of the molecule is Cc1cc(C)cc(C2CNCC(CO)C2)c1. The molecule has 1 aromatic carbocycles. The van der Waals surface area contributed by atoms with Gasteiger partial charge in [-0.3, -0.25) is 0 Å². The number of aliphatic hydroxyl groups is 1. The van der Waals surface area contributed by atoms with Gasteiger partial charge in [0.25, 0.3) is 0 Å². The summed E-state index contributed by atoms with van der Waals surface area (Å²) in [5.74, 6) is 0.976. The second-order valence-corrected chi connectivity index (χ2v) is 5.06. The number of hydrogen-bond donors (Lipinski definition) is 2. The summed E-state index contributed by atoms with van der Waals surface area (Å²) in [6, 6.07) is 6.77. The minimum absolute atomic E-state index is 0.300. The Balaban J connectivity index is 2.16. The third-order valence-corrected chi connectivity index (χ3v) is 3.42. The van der Waals surface area contributed by atoms with E-state index >= 15 is 0 Å². The summed E-state index contributed by atoms with van der Waals surface area (Å²) in [4.78, 5) is 0. The maximum Gasteiger partial charge on any atom is 0.0471 e. The number of benzene rings is 1. The van der Waals surface area contributed by atoms with Crippen molar-refractivity contribution < 1.29 is 5.11 Å². The van der Waals surface area contributed by atoms with Crippen LogP contribution in [0.4, 0.5) is 0 Å². The zero-order valence-corrected chi connectivity index (χ0v) is 10.2. The van der Waals surface area contributed by atoms with Gasteiger partial charge >= 0.3 is 0 Å². The molecule has 2 nitrogen and oxygen atoms in total. The molecule has 2 atom stereocenters. The number of piperidine rings is 1. The topological polar surface area (TPSA) is 32.3 Å². The zero-order chi connectivity index (χ0) is 11.5. The molecule has 1 aliphatic heterocycles. The van der Waals surface area contributed by atoms with Crippen LogP contribution in [0.2, 0.25) is 0 Å². The Morgan fingerprint density at radius 1 is 1.19 bits per heavy atom. The van der Waals surface area contributed by atoms with E-state index in [1.54, 1.807) is 0 Å². The van der Waals surface area contributed by atoms with Gasteiger partial charge in [-0.25, -0.2) is 0 Å². The second kappa shape index (κ2) is 4.98. The van der Waals surface area contributed by atoms with Crippen molar-refractivity contribution in [2.24, 2.45) is 5.92 Å². The smallest absolute Gasteiger partial charge is 0.0471 e. The van der Waals surface area contributed by atoms with Crippen LogP contribution in [-0.2, 0) is 0 Å². The van der Waals surface area contributed by atoms with Crippen molar-refractivity contribution in [2.45, 2.75) is 26.2 Å². The maximum absolute atomic E-state index is 9.22. The standard InChI is InChI=1S/C14H21NO/c1-10-3-11(2)5-13(4-10)14-6-12(9-16)7-15-8-14/h3-5,12,14-16H,6-9H2,1-2H3. The average molecular weight is 219 g/mol. The summed E-state index contributed by atoms with van der Waals surface area (Å²) in [5, 5.41) is 12.6. The summed E-state index contributed by atoms with van der Waals surface area (Å²) >= 11 is 0. The van der Waals surface area contributed by atoms with Gasteiger partial charge in [-0.15, -0.1) is 0 Å². The lowest BCUT2D eigenvalue weighted by atomic mass is 9.85. The largest absolute Gasteiger partial charge is 0.396 e. The molecule has 1 aliphatic rings. The first kappa shape index (κ1) is 11.6. The lowest BCUT2D eigenvalue weighted by Gasteiger charge is -2.29. The monoisotopic (exact) mass is 219 g/mol. The fourth-order valence-electron chi connectivity index (χ4n) is 2.67. The van der Waals surface area contributed by atoms with Crippen LogP contribution in [0.1, 0.15) is 29.0 Å². The van der Waals surface area contributed by atoms with Crippen LogP contribution in [0, 0.1) is 19.8 Å². The fourth-order valence-corrected chi connectivity index (χ4v) is 2.67. The van der Waals surface area contributed by atoms with Gasteiger partial charge in [0.2, 0.25) is 0 Å². The molecule has 1 saturated heterocycles. The Morgan fingerprint density at radius 2 is 1.88 bits per heavy atom. The highest BCUT2D eigenvalue weighted by atomic mass is 16.3. The van der Waals surface area contributed by atoms with E-state index in [9.17, 15) is 5.11 Å². The Bertz CT molecular complexity index is 342. The molecule has 2 heteroatoms. The van der Waals surface area contributed by atoms with Crippen molar-refractivity contribution in [1.82, 2.24) is 5.32 Å². The summed E-state index contributed by atoms with van der Waals surface area (Å²) in [6.07, 6.45) is 1.10. The maximum atomic E-state index is 9.22. The van der Waals surface area contributed by atoms with Gasteiger partial charge in [0.15, 0.2) is 0 Å². The molecule has 88 valence electrons. The number of nitrogens with one attached hydrogen (secondary N) is 1. The zero-order valence-electron chi connectivity index (χ0n) is 10.2. The molecule has 0 aromatic heterocycles. The van der Waals surface area contributed by atoms with Crippen LogP contribution >= 0.6 is 0 Å². The molecule has 0 saturated carbocycles. The van der Waals surface area contributed by atoms with Crippen molar-refractivity contribution in [1.29, 1.82) is 0 Å². The van der Waals surface area contributed by atoms with E-state index in [0.29, 0.717) is 18.4 Å². The minimum atomic E-state index is 0.300. The van der Waals surface area contributed by atoms with E-state index in [-0.39, 0.29) is 0 Å². The van der Waals surface area contributed by atoms with Crippen molar-refractivity contribution in [3.8, 4) is 0 Å². The predicted molar refractivity (Wildman–Crippen MR) is 66.7 cm³/mol. The molecule has 0 spiro atoms. The van der Waals surface area contributed by atoms with Crippen molar-refractivity contribution >= 4 is 0 Å². The van der Waals surface area contributed by atoms with Crippen LogP contribution < -0.4 is 5.32 Å². The first-order chi connectivity index (χ1) is 7.69. The molecule has 0 aliphatic carbocycles. The van der Waals surface area contributed by atoms with Crippen molar-refractivity contribution in [3.63, 3.8) is 0 Å². The number of aliphatic hydroxyl groups excluding tert-OH is 1. The molecule has 1 aromatic rings. The van der Waals surface area contributed by atoms with E-state index < -0.39 is 0 Å². The molecule has 1 heterocycles. The highest BCUT2D eigenvalue weighted by Crippen LogP contribution is 2.27. The van der Waals surface area contributed by atoms with E-state index in [0.717, 1.165) is 19.5 Å². The van der Waals surface area contributed by atoms with E-state index in [2.05, 4.69) is 37.4 Å². The third-order valence-electron chi connectivity index (χ3n) is 3.42. The molecule has 0 radical (unpaired) electrons. The lowest BCUT2D eigenvalue weighted by molar-refractivity contribution is 0.190. The molecule has 0 bridgehead atoms. The Kier molecular flexibility index (Phi) is 3.62. The van der Waals surface area contributed by atoms with Gasteiger partial charge in [-0.2, -0.15) is 0 Å². The Labute approximate surface area is 97.7 Å². The lowest BCUT2D eigenvalue weighted by Crippen LogP contribution is -2.36. The number of aryl methyl sites for hydroxylation is 2. The highest BCUT2D eigenvalue weighted by Gasteiger charge is 2.22. The molecule has 2 rings (SSSR count). The first-order valence-electron chi connectivity index (χ1n) is 6.09. The molecule has 1 fully saturated rings. The van der Waals surface area contributed by atoms with Crippen molar-refractivity contribution in [2.75, 3.05) is 19.7 Å². The average Bonchev–Trinajstić information content (AvgIpc) is 2.28. The van der Waals surface area contributed by atoms with E-state index in [1.165, 1.54) is 16.7 Å². The fraction of sp³-hybridized carbons (Fsp3) is 0.571. The first-order valence-corrected chi connectivity index (χ1v) is 6.09. The minimum Gasteiger partial charge on any atom is -0.396 e. The molecular weight excluding hydrogens is 198 g/mol. The van der Waals surface area contributed by atoms with Gasteiger partial charge in [-0.05, 0) is 37.7 Å². The molecule has 0 amide bonds. The van der Waals surface area contributed by atoms with Crippen LogP contribution in [0.3, 0.4) is 0 Å². The number of hydrogen-bond acceptors (Lipinski definition) is 2. The summed E-state index contributed by atoms with van der Waals surface area (Å²) < 4.78 is 0. The molecule has 2 unspecified atom stereocenters. The van der Waals surface area contributed by atoms with Gasteiger partial charge in [-0.1, -0.05) is 29.3 Å². The highest BCUT2D eigenvalue weighted by molar-refractivity contribution is 5.31. The van der Waals surface area contributed by atoms with Gasteiger partial charge in [0.1, 0.15) is 0 Å². The predicted octanol–water partition coefficient (Wildman–Crippen LogP) is 1.99. The molecule has 16 heavy (non-hydrogen) atoms. The Hall–Kier alpha value is -0.860. The van der Waals surface area contributed by atoms with Crippen molar-refractivity contribution in [3.05, 3.63) is 34.9 Å². The van der Waals surface area contributed by atoms with Crippen LogP contribution in [0.15, 0.2) is 18.2 Å². The summed E-state index contributed by atoms with van der Waals surface area (Å²) in [6.45, 7) is 6.60. The summed E-state index contributed by atoms with van der Waals surface area (Å²) in [7, 11) is 0. The third kappa shape index (κ3) is 2.63. The molecular formula is C14H21NO. The quantitative estimate of drug-likeness (QED) is 0.797. The van der Waals surface area contributed by atoms with Gasteiger partial charge in [0.05, 0.1) is 0 Å². The van der Waals surface area contributed by atoms with E-state index in [1.807, 2.05) is 0 Å². The van der Waals surface area contributed by atoms with E-state index in [4.69, 9.17) is 0 Å². The summed E-state index contributed by atoms with van der Waals surface area (Å²) in [5.41, 5.74) is 4.09. The van der Waals surface area contributed by atoms with Crippen LogP contribution in [-0.4, -0.2) is 24.8 Å². The van der Waals surface area contributed by atoms with Gasteiger partial charge < -0.3 is 10.4 Å². The number of rotatable bonds is 2. The Morgan fingerprint density at radius 3 is 2.50 bits per heavy atom.